The van der Waals surface area contributed by atoms with Crippen molar-refractivity contribution in [2.45, 2.75) is 13.0 Å². The molecular weight excluding hydrogens is 241 g/mol. The molecule has 2 nitrogen and oxygen atoms in total. The van der Waals surface area contributed by atoms with Gasteiger partial charge in [0.25, 0.3) is 0 Å². The van der Waals surface area contributed by atoms with Gasteiger partial charge in [-0.1, -0.05) is 6.07 Å². The molecule has 0 amide bonds. The number of rotatable bonds is 4. The van der Waals surface area contributed by atoms with Gasteiger partial charge in [-0.25, -0.2) is 4.39 Å². The van der Waals surface area contributed by atoms with Gasteiger partial charge in [-0.3, -0.25) is 4.90 Å². The molecule has 0 saturated carbocycles. The predicted octanol–water partition coefficient (Wildman–Crippen LogP) is 2.90. The number of halogens is 2. The molecule has 1 aliphatic rings. The average molecular weight is 258 g/mol. The Morgan fingerprint density at radius 2 is 2.35 bits per heavy atom. The maximum absolute atomic E-state index is 13.7. The van der Waals surface area contributed by atoms with Crippen molar-refractivity contribution < 1.29 is 9.13 Å². The van der Waals surface area contributed by atoms with Crippen LogP contribution in [0.25, 0.3) is 0 Å². The van der Waals surface area contributed by atoms with Crippen molar-refractivity contribution in [2.75, 3.05) is 26.1 Å². The number of methoxy groups -OCH3 is 1. The van der Waals surface area contributed by atoms with Gasteiger partial charge in [0.2, 0.25) is 0 Å². The molecule has 1 aliphatic heterocycles. The van der Waals surface area contributed by atoms with E-state index in [0.29, 0.717) is 24.1 Å². The fourth-order valence-corrected chi connectivity index (χ4v) is 2.46. The maximum Gasteiger partial charge on any atom is 0.131 e. The average Bonchev–Trinajstić information content (AvgIpc) is 2.79. The lowest BCUT2D eigenvalue weighted by Gasteiger charge is -2.16. The molecule has 1 heterocycles. The zero-order valence-electron chi connectivity index (χ0n) is 9.96. The predicted molar refractivity (Wildman–Crippen MR) is 67.1 cm³/mol. The summed E-state index contributed by atoms with van der Waals surface area (Å²) in [4.78, 5) is 2.25. The zero-order chi connectivity index (χ0) is 12.3. The van der Waals surface area contributed by atoms with Crippen LogP contribution in [-0.2, 0) is 6.54 Å². The first-order valence-electron chi connectivity index (χ1n) is 5.83. The molecule has 2 rings (SSSR count). The number of benzene rings is 1. The monoisotopic (exact) mass is 257 g/mol. The number of likely N-dealkylation sites (tertiary alicyclic amines) is 1. The molecule has 0 radical (unpaired) electrons. The summed E-state index contributed by atoms with van der Waals surface area (Å²) in [6, 6.07) is 5.03. The van der Waals surface area contributed by atoms with Crippen LogP contribution in [0.1, 0.15) is 12.0 Å². The van der Waals surface area contributed by atoms with Gasteiger partial charge in [0.15, 0.2) is 0 Å². The van der Waals surface area contributed by atoms with Gasteiger partial charge in [-0.15, -0.1) is 11.6 Å². The van der Waals surface area contributed by atoms with Crippen molar-refractivity contribution in [1.29, 1.82) is 0 Å². The third-order valence-corrected chi connectivity index (χ3v) is 3.68. The van der Waals surface area contributed by atoms with Gasteiger partial charge in [-0.2, -0.15) is 0 Å². The second-order valence-electron chi connectivity index (χ2n) is 4.50. The minimum Gasteiger partial charge on any atom is -0.497 e. The van der Waals surface area contributed by atoms with E-state index < -0.39 is 0 Å². The normalized spacial score (nSPS) is 20.8. The van der Waals surface area contributed by atoms with Crippen LogP contribution in [0.2, 0.25) is 0 Å². The fraction of sp³-hybridized carbons (Fsp3) is 0.538. The van der Waals surface area contributed by atoms with Gasteiger partial charge < -0.3 is 4.74 Å². The Morgan fingerprint density at radius 1 is 1.53 bits per heavy atom. The van der Waals surface area contributed by atoms with E-state index in [1.54, 1.807) is 19.2 Å². The molecule has 4 heteroatoms. The highest BCUT2D eigenvalue weighted by molar-refractivity contribution is 6.18. The van der Waals surface area contributed by atoms with Gasteiger partial charge >= 0.3 is 0 Å². The topological polar surface area (TPSA) is 12.5 Å². The van der Waals surface area contributed by atoms with E-state index >= 15 is 0 Å². The highest BCUT2D eigenvalue weighted by atomic mass is 35.5. The zero-order valence-corrected chi connectivity index (χ0v) is 10.7. The summed E-state index contributed by atoms with van der Waals surface area (Å²) in [7, 11) is 1.54. The van der Waals surface area contributed by atoms with E-state index in [1.165, 1.54) is 6.07 Å². The van der Waals surface area contributed by atoms with Crippen molar-refractivity contribution in [3.05, 3.63) is 29.6 Å². The molecule has 1 aromatic rings. The van der Waals surface area contributed by atoms with Gasteiger partial charge in [-0.05, 0) is 24.9 Å². The molecule has 1 saturated heterocycles. The summed E-state index contributed by atoms with van der Waals surface area (Å²) in [6.07, 6.45) is 1.11. The van der Waals surface area contributed by atoms with Crippen LogP contribution in [0.4, 0.5) is 4.39 Å². The molecule has 0 N–H and O–H groups in total. The quantitative estimate of drug-likeness (QED) is 0.769. The second-order valence-corrected chi connectivity index (χ2v) is 4.81. The number of alkyl halides is 1. The van der Waals surface area contributed by atoms with Gasteiger partial charge in [0, 0.05) is 30.6 Å². The lowest BCUT2D eigenvalue weighted by molar-refractivity contribution is 0.314. The van der Waals surface area contributed by atoms with E-state index in [9.17, 15) is 4.39 Å². The number of hydrogen-bond acceptors (Lipinski definition) is 2. The van der Waals surface area contributed by atoms with Crippen molar-refractivity contribution >= 4 is 11.6 Å². The number of nitrogens with zero attached hydrogens (tertiary/aromatic N) is 1. The van der Waals surface area contributed by atoms with E-state index in [0.717, 1.165) is 25.1 Å². The minimum atomic E-state index is -0.196. The number of ether oxygens (including phenoxy) is 1. The summed E-state index contributed by atoms with van der Waals surface area (Å²) in [6.45, 7) is 2.63. The molecule has 1 unspecified atom stereocenters. The van der Waals surface area contributed by atoms with Gasteiger partial charge in [0.05, 0.1) is 7.11 Å². The summed E-state index contributed by atoms with van der Waals surface area (Å²) < 4.78 is 18.7. The van der Waals surface area contributed by atoms with Crippen LogP contribution in [-0.4, -0.2) is 31.0 Å². The third-order valence-electron chi connectivity index (χ3n) is 3.24. The highest BCUT2D eigenvalue weighted by Gasteiger charge is 2.22. The van der Waals surface area contributed by atoms with Crippen molar-refractivity contribution in [3.8, 4) is 5.75 Å². The summed E-state index contributed by atoms with van der Waals surface area (Å²) in [5.74, 6) is 1.62. The van der Waals surface area contributed by atoms with E-state index in [2.05, 4.69) is 4.90 Å². The Balaban J connectivity index is 1.99. The van der Waals surface area contributed by atoms with Crippen molar-refractivity contribution in [1.82, 2.24) is 4.90 Å². The SMILES string of the molecule is COc1ccc(CN2CCC(CCl)C2)c(F)c1. The molecule has 0 bridgehead atoms. The lowest BCUT2D eigenvalue weighted by atomic mass is 10.1. The summed E-state index contributed by atoms with van der Waals surface area (Å²) in [5, 5.41) is 0. The van der Waals surface area contributed by atoms with Crippen LogP contribution in [0.15, 0.2) is 18.2 Å². The van der Waals surface area contributed by atoms with Crippen LogP contribution < -0.4 is 4.74 Å². The fourth-order valence-electron chi connectivity index (χ4n) is 2.21. The molecule has 1 aromatic carbocycles. The van der Waals surface area contributed by atoms with E-state index in [1.807, 2.05) is 0 Å². The second kappa shape index (κ2) is 5.69. The van der Waals surface area contributed by atoms with Crippen LogP contribution in [0.3, 0.4) is 0 Å². The van der Waals surface area contributed by atoms with Crippen LogP contribution in [0.5, 0.6) is 5.75 Å². The maximum atomic E-state index is 13.7. The Morgan fingerprint density at radius 3 is 2.94 bits per heavy atom. The van der Waals surface area contributed by atoms with Crippen LogP contribution >= 0.6 is 11.6 Å². The first-order valence-corrected chi connectivity index (χ1v) is 6.37. The van der Waals surface area contributed by atoms with E-state index in [-0.39, 0.29) is 5.82 Å². The van der Waals surface area contributed by atoms with E-state index in [4.69, 9.17) is 16.3 Å². The largest absolute Gasteiger partial charge is 0.497 e. The molecular formula is C13H17ClFNO. The van der Waals surface area contributed by atoms with Crippen molar-refractivity contribution in [3.63, 3.8) is 0 Å². The molecule has 0 aliphatic carbocycles. The van der Waals surface area contributed by atoms with Crippen molar-refractivity contribution in [2.24, 2.45) is 5.92 Å². The minimum absolute atomic E-state index is 0.196. The molecule has 17 heavy (non-hydrogen) atoms. The Labute approximate surface area is 106 Å². The molecule has 0 aromatic heterocycles. The molecule has 94 valence electrons. The van der Waals surface area contributed by atoms with Gasteiger partial charge in [0.1, 0.15) is 11.6 Å². The molecule has 1 fully saturated rings. The Kier molecular flexibility index (Phi) is 4.24. The summed E-state index contributed by atoms with van der Waals surface area (Å²) in [5.41, 5.74) is 0.723. The first kappa shape index (κ1) is 12.7. The highest BCUT2D eigenvalue weighted by Crippen LogP contribution is 2.22. The third kappa shape index (κ3) is 3.11. The molecule has 1 atom stereocenters. The smallest absolute Gasteiger partial charge is 0.131 e. The lowest BCUT2D eigenvalue weighted by Crippen LogP contribution is -2.21. The number of hydrogen-bond donors (Lipinski definition) is 0. The standard InChI is InChI=1S/C13H17ClFNO/c1-17-12-3-2-11(13(15)6-12)9-16-5-4-10(7-14)8-16/h2-3,6,10H,4-5,7-9H2,1H3. The Hall–Kier alpha value is -0.800. The van der Waals surface area contributed by atoms with Crippen LogP contribution in [0, 0.1) is 11.7 Å². The molecule has 0 spiro atoms. The Bertz CT molecular complexity index is 386. The first-order chi connectivity index (χ1) is 8.22. The summed E-state index contributed by atoms with van der Waals surface area (Å²) >= 11 is 5.83.